The number of halogens is 2. The number of nitrogens with zero attached hydrogens (tertiary/aromatic N) is 1. The molecule has 2 aromatic carbocycles. The molecule has 0 spiro atoms. The molecule has 1 unspecified atom stereocenters. The molecule has 2 N–H and O–H groups in total. The Balaban J connectivity index is 0.00000243. The van der Waals surface area contributed by atoms with Crippen molar-refractivity contribution in [2.24, 2.45) is 0 Å². The van der Waals surface area contributed by atoms with Gasteiger partial charge >= 0.3 is 0 Å². The zero-order valence-electron chi connectivity index (χ0n) is 15.1. The van der Waals surface area contributed by atoms with E-state index in [2.05, 4.69) is 21.6 Å². The summed E-state index contributed by atoms with van der Waals surface area (Å²) in [7, 11) is 0. The van der Waals surface area contributed by atoms with Gasteiger partial charge in [-0.25, -0.2) is 0 Å². The first-order valence-corrected chi connectivity index (χ1v) is 8.98. The first-order chi connectivity index (χ1) is 12.0. The monoisotopic (exact) mass is 393 g/mol. The Morgan fingerprint density at radius 1 is 1.23 bits per heavy atom. The maximum Gasteiger partial charge on any atom is 0.238 e. The highest BCUT2D eigenvalue weighted by atomic mass is 35.5. The number of nitrogens with one attached hydrogen (secondary N) is 2. The second-order valence-corrected chi connectivity index (χ2v) is 7.00. The Morgan fingerprint density at radius 3 is 2.62 bits per heavy atom. The molecule has 1 fully saturated rings. The molecule has 0 bridgehead atoms. The third kappa shape index (κ3) is 4.98. The van der Waals surface area contributed by atoms with Crippen LogP contribution >= 0.6 is 24.0 Å². The average Bonchev–Trinajstić information content (AvgIpc) is 2.59. The Kier molecular flexibility index (Phi) is 7.47. The Labute approximate surface area is 166 Å². The molecule has 26 heavy (non-hydrogen) atoms. The van der Waals surface area contributed by atoms with Gasteiger partial charge in [-0.3, -0.25) is 9.69 Å². The van der Waals surface area contributed by atoms with Crippen molar-refractivity contribution in [3.8, 4) is 0 Å². The highest BCUT2D eigenvalue weighted by molar-refractivity contribution is 6.30. The summed E-state index contributed by atoms with van der Waals surface area (Å²) in [5.41, 5.74) is 4.22. The van der Waals surface area contributed by atoms with Crippen molar-refractivity contribution >= 4 is 35.6 Å². The van der Waals surface area contributed by atoms with E-state index in [-0.39, 0.29) is 24.4 Å². The third-order valence-corrected chi connectivity index (χ3v) is 4.92. The standard InChI is InChI=1S/C20H24ClN3O.ClH/c1-14-5-3-6-15(2)20(14)23-19(25)13-24-10-9-22-12-18(24)16-7-4-8-17(21)11-16;/h3-8,11,18,22H,9-10,12-13H2,1-2H3,(H,23,25);1H. The van der Waals surface area contributed by atoms with E-state index >= 15 is 0 Å². The van der Waals surface area contributed by atoms with Crippen molar-refractivity contribution < 1.29 is 4.79 Å². The van der Waals surface area contributed by atoms with Gasteiger partial charge in [0.15, 0.2) is 0 Å². The number of para-hydroxylation sites is 1. The van der Waals surface area contributed by atoms with Crippen LogP contribution in [0.3, 0.4) is 0 Å². The Bertz CT molecular complexity index is 746. The van der Waals surface area contributed by atoms with E-state index in [1.807, 2.05) is 50.2 Å². The first-order valence-electron chi connectivity index (χ1n) is 8.61. The third-order valence-electron chi connectivity index (χ3n) is 4.68. The Hall–Kier alpha value is -1.59. The molecular formula is C20H25Cl2N3O. The maximum absolute atomic E-state index is 12.6. The minimum absolute atomic E-state index is 0. The normalized spacial score (nSPS) is 17.4. The fourth-order valence-corrected chi connectivity index (χ4v) is 3.55. The minimum atomic E-state index is 0. The topological polar surface area (TPSA) is 44.4 Å². The van der Waals surface area contributed by atoms with E-state index in [1.165, 1.54) is 0 Å². The van der Waals surface area contributed by atoms with Crippen molar-refractivity contribution in [1.82, 2.24) is 10.2 Å². The number of amides is 1. The van der Waals surface area contributed by atoms with Crippen LogP contribution in [0, 0.1) is 13.8 Å². The lowest BCUT2D eigenvalue weighted by Crippen LogP contribution is -2.48. The number of anilines is 1. The van der Waals surface area contributed by atoms with Crippen molar-refractivity contribution in [2.75, 3.05) is 31.5 Å². The summed E-state index contributed by atoms with van der Waals surface area (Å²) in [5, 5.41) is 7.21. The number of hydrogen-bond donors (Lipinski definition) is 2. The van der Waals surface area contributed by atoms with Gasteiger partial charge in [-0.05, 0) is 42.7 Å². The number of carbonyl (C=O) groups is 1. The minimum Gasteiger partial charge on any atom is -0.324 e. The smallest absolute Gasteiger partial charge is 0.238 e. The average molecular weight is 394 g/mol. The maximum atomic E-state index is 12.6. The molecule has 2 aromatic rings. The molecule has 140 valence electrons. The lowest BCUT2D eigenvalue weighted by atomic mass is 10.0. The van der Waals surface area contributed by atoms with E-state index in [0.717, 1.165) is 47.0 Å². The number of piperazine rings is 1. The largest absolute Gasteiger partial charge is 0.324 e. The van der Waals surface area contributed by atoms with E-state index in [4.69, 9.17) is 11.6 Å². The highest BCUT2D eigenvalue weighted by Crippen LogP contribution is 2.25. The summed E-state index contributed by atoms with van der Waals surface area (Å²) in [6, 6.07) is 14.1. The number of carbonyl (C=O) groups excluding carboxylic acids is 1. The van der Waals surface area contributed by atoms with Gasteiger partial charge in [-0.15, -0.1) is 12.4 Å². The summed E-state index contributed by atoms with van der Waals surface area (Å²) >= 11 is 6.14. The molecule has 0 saturated carbocycles. The molecule has 1 amide bonds. The number of hydrogen-bond acceptors (Lipinski definition) is 3. The van der Waals surface area contributed by atoms with Gasteiger partial charge in [-0.2, -0.15) is 0 Å². The fraction of sp³-hybridized carbons (Fsp3) is 0.350. The predicted molar refractivity (Wildman–Crippen MR) is 110 cm³/mol. The van der Waals surface area contributed by atoms with Crippen LogP contribution in [0.1, 0.15) is 22.7 Å². The quantitative estimate of drug-likeness (QED) is 0.825. The highest BCUT2D eigenvalue weighted by Gasteiger charge is 2.25. The molecule has 0 aromatic heterocycles. The lowest BCUT2D eigenvalue weighted by molar-refractivity contribution is -0.118. The van der Waals surface area contributed by atoms with E-state index < -0.39 is 0 Å². The molecule has 1 aliphatic heterocycles. The van der Waals surface area contributed by atoms with Gasteiger partial charge in [0.1, 0.15) is 0 Å². The predicted octanol–water partition coefficient (Wildman–Crippen LogP) is 3.96. The number of benzene rings is 2. The lowest BCUT2D eigenvalue weighted by Gasteiger charge is -2.36. The SMILES string of the molecule is Cc1cccc(C)c1NC(=O)CN1CCNCC1c1cccc(Cl)c1.Cl. The Morgan fingerprint density at radius 2 is 1.92 bits per heavy atom. The van der Waals surface area contributed by atoms with Gasteiger partial charge in [0.05, 0.1) is 6.54 Å². The summed E-state index contributed by atoms with van der Waals surface area (Å²) in [4.78, 5) is 14.8. The second-order valence-electron chi connectivity index (χ2n) is 6.56. The second kappa shape index (κ2) is 9.38. The van der Waals surface area contributed by atoms with Crippen LogP contribution < -0.4 is 10.6 Å². The summed E-state index contributed by atoms with van der Waals surface area (Å²) in [6.07, 6.45) is 0. The number of aryl methyl sites for hydroxylation is 2. The van der Waals surface area contributed by atoms with Gasteiger partial charge in [-0.1, -0.05) is 41.9 Å². The van der Waals surface area contributed by atoms with Crippen LogP contribution in [0.5, 0.6) is 0 Å². The van der Waals surface area contributed by atoms with Crippen LogP contribution in [0.2, 0.25) is 5.02 Å². The van der Waals surface area contributed by atoms with Crippen LogP contribution in [0.15, 0.2) is 42.5 Å². The molecule has 1 saturated heterocycles. The zero-order valence-corrected chi connectivity index (χ0v) is 16.7. The molecule has 0 aliphatic carbocycles. The van der Waals surface area contributed by atoms with Crippen LogP contribution in [-0.2, 0) is 4.79 Å². The fourth-order valence-electron chi connectivity index (χ4n) is 3.35. The van der Waals surface area contributed by atoms with Gasteiger partial charge in [0.2, 0.25) is 5.91 Å². The van der Waals surface area contributed by atoms with E-state index in [0.29, 0.717) is 6.54 Å². The summed E-state index contributed by atoms with van der Waals surface area (Å²) < 4.78 is 0. The van der Waals surface area contributed by atoms with Gasteiger partial charge in [0, 0.05) is 36.4 Å². The molecule has 6 heteroatoms. The summed E-state index contributed by atoms with van der Waals surface area (Å²) in [5.74, 6) is 0.0197. The molecule has 1 heterocycles. The van der Waals surface area contributed by atoms with Crippen LogP contribution in [-0.4, -0.2) is 37.0 Å². The zero-order chi connectivity index (χ0) is 17.8. The van der Waals surface area contributed by atoms with E-state index in [1.54, 1.807) is 0 Å². The first kappa shape index (κ1) is 20.7. The van der Waals surface area contributed by atoms with Gasteiger partial charge in [0.25, 0.3) is 0 Å². The molecule has 3 rings (SSSR count). The molecule has 4 nitrogen and oxygen atoms in total. The molecule has 1 aliphatic rings. The van der Waals surface area contributed by atoms with Gasteiger partial charge < -0.3 is 10.6 Å². The van der Waals surface area contributed by atoms with E-state index in [9.17, 15) is 4.79 Å². The summed E-state index contributed by atoms with van der Waals surface area (Å²) in [6.45, 7) is 6.93. The van der Waals surface area contributed by atoms with Crippen molar-refractivity contribution in [2.45, 2.75) is 19.9 Å². The number of rotatable bonds is 4. The molecular weight excluding hydrogens is 369 g/mol. The van der Waals surface area contributed by atoms with Crippen molar-refractivity contribution in [1.29, 1.82) is 0 Å². The molecule has 0 radical (unpaired) electrons. The van der Waals surface area contributed by atoms with Crippen molar-refractivity contribution in [3.63, 3.8) is 0 Å². The molecule has 1 atom stereocenters. The van der Waals surface area contributed by atoms with Crippen molar-refractivity contribution in [3.05, 3.63) is 64.2 Å². The van der Waals surface area contributed by atoms with Crippen LogP contribution in [0.25, 0.3) is 0 Å². The van der Waals surface area contributed by atoms with Crippen LogP contribution in [0.4, 0.5) is 5.69 Å².